The quantitative estimate of drug-likeness (QED) is 0.827. The Bertz CT molecular complexity index is 862. The molecule has 0 saturated heterocycles. The smallest absolute Gasteiger partial charge is 0.297 e. The number of fused-ring (bicyclic) bond motifs is 1. The van der Waals surface area contributed by atoms with Gasteiger partial charge in [-0.3, -0.25) is 0 Å². The van der Waals surface area contributed by atoms with E-state index in [-0.39, 0.29) is 0 Å². The molecule has 3 rings (SSSR count). The van der Waals surface area contributed by atoms with Crippen LogP contribution < -0.4 is 10.0 Å². The fourth-order valence-electron chi connectivity index (χ4n) is 3.10. The summed E-state index contributed by atoms with van der Waals surface area (Å²) in [4.78, 5) is 8.76. The van der Waals surface area contributed by atoms with Crippen molar-refractivity contribution in [1.29, 1.82) is 0 Å². The molecule has 1 saturated carbocycles. The number of hydrogen-bond acceptors (Lipinski definition) is 6. The number of oxazole rings is 1. The van der Waals surface area contributed by atoms with E-state index in [4.69, 9.17) is 4.42 Å². The van der Waals surface area contributed by atoms with Crippen molar-refractivity contribution in [3.05, 3.63) is 17.8 Å². The molecule has 144 valence electrons. The predicted molar refractivity (Wildman–Crippen MR) is 103 cm³/mol. The minimum atomic E-state index is -3.28. The van der Waals surface area contributed by atoms with E-state index in [2.05, 4.69) is 20.0 Å². The summed E-state index contributed by atoms with van der Waals surface area (Å²) in [5, 5.41) is 3.35. The molecule has 2 heterocycles. The standard InChI is InChI=1S/C18H28N4O3S/c1-12-5-10-15-16(20-12)25-17(22-15)21-14-8-6-13(7-9-14)11-19-26(23,24)18(2,3)4/h5,10,13-14,19H,6-9,11H2,1-4H3,(H,21,22). The second-order valence-electron chi connectivity index (χ2n) is 8.12. The number of hydrogen-bond donors (Lipinski definition) is 2. The van der Waals surface area contributed by atoms with Crippen molar-refractivity contribution in [3.8, 4) is 0 Å². The lowest BCUT2D eigenvalue weighted by Crippen LogP contribution is -2.42. The summed E-state index contributed by atoms with van der Waals surface area (Å²) in [6.07, 6.45) is 3.88. The third-order valence-corrected chi connectivity index (χ3v) is 7.10. The predicted octanol–water partition coefficient (Wildman–Crippen LogP) is 3.22. The van der Waals surface area contributed by atoms with Gasteiger partial charge in [-0.05, 0) is 71.4 Å². The summed E-state index contributed by atoms with van der Waals surface area (Å²) < 4.78 is 32.0. The van der Waals surface area contributed by atoms with E-state index in [9.17, 15) is 8.42 Å². The van der Waals surface area contributed by atoms with Crippen LogP contribution in [0.3, 0.4) is 0 Å². The molecular formula is C18H28N4O3S. The molecule has 1 fully saturated rings. The topological polar surface area (TPSA) is 97.1 Å². The van der Waals surface area contributed by atoms with Gasteiger partial charge in [0.1, 0.15) is 5.52 Å². The van der Waals surface area contributed by atoms with Gasteiger partial charge in [-0.25, -0.2) is 18.1 Å². The van der Waals surface area contributed by atoms with Crippen LogP contribution in [0, 0.1) is 12.8 Å². The molecule has 2 aromatic heterocycles. The first kappa shape index (κ1) is 19.1. The van der Waals surface area contributed by atoms with Gasteiger partial charge in [0.2, 0.25) is 15.7 Å². The van der Waals surface area contributed by atoms with Crippen LogP contribution in [0.5, 0.6) is 0 Å². The number of aryl methyl sites for hydroxylation is 1. The van der Waals surface area contributed by atoms with Gasteiger partial charge >= 0.3 is 0 Å². The first-order chi connectivity index (χ1) is 12.1. The Balaban J connectivity index is 1.50. The van der Waals surface area contributed by atoms with Crippen molar-refractivity contribution in [1.82, 2.24) is 14.7 Å². The number of sulfonamides is 1. The van der Waals surface area contributed by atoms with Crippen LogP contribution in [0.2, 0.25) is 0 Å². The lowest BCUT2D eigenvalue weighted by Gasteiger charge is -2.29. The molecule has 0 aromatic carbocycles. The number of aromatic nitrogens is 2. The maximum Gasteiger partial charge on any atom is 0.297 e. The average Bonchev–Trinajstić information content (AvgIpc) is 2.94. The maximum absolute atomic E-state index is 12.2. The fraction of sp³-hybridized carbons (Fsp3) is 0.667. The van der Waals surface area contributed by atoms with E-state index in [1.807, 2.05) is 19.1 Å². The van der Waals surface area contributed by atoms with Crippen molar-refractivity contribution < 1.29 is 12.8 Å². The lowest BCUT2D eigenvalue weighted by molar-refractivity contribution is 0.333. The van der Waals surface area contributed by atoms with Crippen molar-refractivity contribution in [2.75, 3.05) is 11.9 Å². The second-order valence-corrected chi connectivity index (χ2v) is 10.6. The van der Waals surface area contributed by atoms with Crippen LogP contribution in [0.25, 0.3) is 11.2 Å². The van der Waals surface area contributed by atoms with Crippen LogP contribution in [0.15, 0.2) is 16.5 Å². The third kappa shape index (κ3) is 4.35. The highest BCUT2D eigenvalue weighted by atomic mass is 32.2. The highest BCUT2D eigenvalue weighted by Gasteiger charge is 2.30. The monoisotopic (exact) mass is 380 g/mol. The Morgan fingerprint density at radius 3 is 2.50 bits per heavy atom. The van der Waals surface area contributed by atoms with Gasteiger partial charge in [0.05, 0.1) is 4.75 Å². The highest BCUT2D eigenvalue weighted by Crippen LogP contribution is 2.27. The van der Waals surface area contributed by atoms with E-state index < -0.39 is 14.8 Å². The number of nitrogens with zero attached hydrogens (tertiary/aromatic N) is 2. The molecule has 0 spiro atoms. The van der Waals surface area contributed by atoms with Crippen LogP contribution >= 0.6 is 0 Å². The molecular weight excluding hydrogens is 352 g/mol. The molecule has 0 amide bonds. The largest absolute Gasteiger partial charge is 0.404 e. The number of anilines is 1. The summed E-state index contributed by atoms with van der Waals surface area (Å²) in [6, 6.07) is 4.62. The zero-order valence-corrected chi connectivity index (χ0v) is 16.7. The first-order valence-electron chi connectivity index (χ1n) is 9.14. The van der Waals surface area contributed by atoms with Gasteiger partial charge < -0.3 is 9.73 Å². The Labute approximate surface area is 155 Å². The van der Waals surface area contributed by atoms with Gasteiger partial charge in [0.15, 0.2) is 0 Å². The molecule has 0 atom stereocenters. The fourth-order valence-corrected chi connectivity index (χ4v) is 3.99. The average molecular weight is 381 g/mol. The molecule has 0 aliphatic heterocycles. The van der Waals surface area contributed by atoms with E-state index in [0.717, 1.165) is 36.9 Å². The summed E-state index contributed by atoms with van der Waals surface area (Å²) in [5.74, 6) is 0.373. The summed E-state index contributed by atoms with van der Waals surface area (Å²) in [6.45, 7) is 7.58. The second kappa shape index (κ2) is 7.15. The van der Waals surface area contributed by atoms with Gasteiger partial charge in [0.25, 0.3) is 6.01 Å². The molecule has 7 nitrogen and oxygen atoms in total. The minimum Gasteiger partial charge on any atom is -0.404 e. The van der Waals surface area contributed by atoms with Gasteiger partial charge in [-0.1, -0.05) is 0 Å². The molecule has 0 bridgehead atoms. The van der Waals surface area contributed by atoms with Crippen LogP contribution in [0.4, 0.5) is 6.01 Å². The third-order valence-electron chi connectivity index (χ3n) is 4.94. The highest BCUT2D eigenvalue weighted by molar-refractivity contribution is 7.90. The van der Waals surface area contributed by atoms with Crippen LogP contribution in [-0.4, -0.2) is 35.7 Å². The number of pyridine rings is 1. The summed E-state index contributed by atoms with van der Waals surface area (Å²) >= 11 is 0. The normalized spacial score (nSPS) is 21.8. The molecule has 26 heavy (non-hydrogen) atoms. The molecule has 1 aliphatic rings. The molecule has 8 heteroatoms. The Kier molecular flexibility index (Phi) is 5.25. The van der Waals surface area contributed by atoms with Crippen LogP contribution in [0.1, 0.15) is 52.1 Å². The summed E-state index contributed by atoms with van der Waals surface area (Å²) in [5.41, 5.74) is 2.21. The Morgan fingerprint density at radius 2 is 1.85 bits per heavy atom. The zero-order chi connectivity index (χ0) is 18.9. The zero-order valence-electron chi connectivity index (χ0n) is 15.9. The number of nitrogens with one attached hydrogen (secondary N) is 2. The lowest BCUT2D eigenvalue weighted by atomic mass is 9.86. The van der Waals surface area contributed by atoms with Crippen LogP contribution in [-0.2, 0) is 10.0 Å². The van der Waals surface area contributed by atoms with Gasteiger partial charge in [0, 0.05) is 18.3 Å². The summed E-state index contributed by atoms with van der Waals surface area (Å²) in [7, 11) is -3.28. The Morgan fingerprint density at radius 1 is 1.15 bits per heavy atom. The molecule has 2 aromatic rings. The van der Waals surface area contributed by atoms with E-state index >= 15 is 0 Å². The molecule has 0 unspecified atom stereocenters. The van der Waals surface area contributed by atoms with Gasteiger partial charge in [-0.15, -0.1) is 0 Å². The number of rotatable bonds is 5. The van der Waals surface area contributed by atoms with Crippen molar-refractivity contribution in [2.45, 2.75) is 64.2 Å². The molecule has 0 radical (unpaired) electrons. The Hall–Kier alpha value is -1.67. The molecule has 2 N–H and O–H groups in total. The SMILES string of the molecule is Cc1ccc2nc(NC3CCC(CNS(=O)(=O)C(C)(C)C)CC3)oc2n1. The van der Waals surface area contributed by atoms with Crippen molar-refractivity contribution in [2.24, 2.45) is 5.92 Å². The van der Waals surface area contributed by atoms with Gasteiger partial charge in [-0.2, -0.15) is 4.98 Å². The van der Waals surface area contributed by atoms with Crippen molar-refractivity contribution in [3.63, 3.8) is 0 Å². The first-order valence-corrected chi connectivity index (χ1v) is 10.6. The van der Waals surface area contributed by atoms with E-state index in [1.165, 1.54) is 0 Å². The van der Waals surface area contributed by atoms with E-state index in [0.29, 0.717) is 30.2 Å². The maximum atomic E-state index is 12.2. The minimum absolute atomic E-state index is 0.291. The molecule has 1 aliphatic carbocycles. The van der Waals surface area contributed by atoms with E-state index in [1.54, 1.807) is 20.8 Å². The van der Waals surface area contributed by atoms with Crippen molar-refractivity contribution >= 4 is 27.3 Å².